The number of likely N-dealkylation sites (tertiary alicyclic amines) is 1. The summed E-state index contributed by atoms with van der Waals surface area (Å²) in [6.45, 7) is 2.72. The summed E-state index contributed by atoms with van der Waals surface area (Å²) in [5.74, 6) is 1.88. The van der Waals surface area contributed by atoms with Gasteiger partial charge in [0.25, 0.3) is 5.91 Å². The number of benzene rings is 2. The first-order valence-electron chi connectivity index (χ1n) is 9.75. The van der Waals surface area contributed by atoms with E-state index in [4.69, 9.17) is 4.74 Å². The molecule has 5 heteroatoms. The third-order valence-electron chi connectivity index (χ3n) is 6.13. The van der Waals surface area contributed by atoms with E-state index < -0.39 is 0 Å². The molecule has 0 unspecified atom stereocenters. The molecule has 142 valence electrons. The summed E-state index contributed by atoms with van der Waals surface area (Å²) in [6.07, 6.45) is 1.78. The van der Waals surface area contributed by atoms with Crippen LogP contribution in [0.1, 0.15) is 22.0 Å². The molecule has 0 saturated carbocycles. The van der Waals surface area contributed by atoms with Crippen molar-refractivity contribution in [2.75, 3.05) is 26.7 Å². The van der Waals surface area contributed by atoms with Gasteiger partial charge >= 0.3 is 0 Å². The minimum atomic E-state index is 0.0861. The molecule has 28 heavy (non-hydrogen) atoms. The van der Waals surface area contributed by atoms with Crippen LogP contribution in [0.5, 0.6) is 5.75 Å². The van der Waals surface area contributed by atoms with Crippen LogP contribution < -0.4 is 10.1 Å². The molecule has 3 atom stereocenters. The van der Waals surface area contributed by atoms with E-state index in [0.29, 0.717) is 11.8 Å². The lowest BCUT2D eigenvalue weighted by Gasteiger charge is -2.28. The molecule has 5 nitrogen and oxygen atoms in total. The Kier molecular flexibility index (Phi) is 4.24. The fourth-order valence-corrected chi connectivity index (χ4v) is 4.73. The Labute approximate surface area is 164 Å². The molecule has 1 N–H and O–H groups in total. The quantitative estimate of drug-likeness (QED) is 0.766. The van der Waals surface area contributed by atoms with Gasteiger partial charge < -0.3 is 15.0 Å². The predicted molar refractivity (Wildman–Crippen MR) is 108 cm³/mol. The number of nitrogens with one attached hydrogen (secondary N) is 1. The Balaban J connectivity index is 1.51. The minimum absolute atomic E-state index is 0.0861. The highest BCUT2D eigenvalue weighted by molar-refractivity contribution is 5.98. The molecule has 1 aromatic heterocycles. The standard InChI is InChI=1S/C23H23N3O2/c1-28-19-7-4-15(5-8-19)22-20-13-24-12-18(20)14-26(22)23(27)17-6-9-21-16(11-17)3-2-10-25-21/h2-11,18,20,22,24H,12-14H2,1H3/t18-,20-,22-/m0/s1. The fourth-order valence-electron chi connectivity index (χ4n) is 4.73. The first kappa shape index (κ1) is 17.2. The van der Waals surface area contributed by atoms with Crippen molar-refractivity contribution in [2.24, 2.45) is 11.8 Å². The van der Waals surface area contributed by atoms with Crippen molar-refractivity contribution in [3.63, 3.8) is 0 Å². The van der Waals surface area contributed by atoms with E-state index in [1.54, 1.807) is 13.3 Å². The van der Waals surface area contributed by atoms with E-state index in [1.165, 1.54) is 5.56 Å². The summed E-state index contributed by atoms with van der Waals surface area (Å²) in [5.41, 5.74) is 2.81. The second kappa shape index (κ2) is 6.91. The molecule has 2 aromatic carbocycles. The summed E-state index contributed by atoms with van der Waals surface area (Å²) in [4.78, 5) is 19.9. The summed E-state index contributed by atoms with van der Waals surface area (Å²) < 4.78 is 5.30. The zero-order valence-corrected chi connectivity index (χ0v) is 15.8. The van der Waals surface area contributed by atoms with Gasteiger partial charge in [-0.15, -0.1) is 0 Å². The molecule has 2 saturated heterocycles. The Bertz CT molecular complexity index is 1020. The number of amides is 1. The number of hydrogen-bond donors (Lipinski definition) is 1. The highest BCUT2D eigenvalue weighted by Gasteiger charge is 2.46. The van der Waals surface area contributed by atoms with Crippen LogP contribution in [0.4, 0.5) is 0 Å². The van der Waals surface area contributed by atoms with E-state index in [0.717, 1.165) is 41.9 Å². The molecular formula is C23H23N3O2. The monoisotopic (exact) mass is 373 g/mol. The van der Waals surface area contributed by atoms with Crippen LogP contribution >= 0.6 is 0 Å². The molecule has 1 amide bonds. The number of carbonyl (C=O) groups is 1. The highest BCUT2D eigenvalue weighted by Crippen LogP contribution is 2.43. The van der Waals surface area contributed by atoms with Gasteiger partial charge in [-0.3, -0.25) is 9.78 Å². The van der Waals surface area contributed by atoms with Crippen molar-refractivity contribution in [2.45, 2.75) is 6.04 Å². The minimum Gasteiger partial charge on any atom is -0.497 e. The second-order valence-electron chi connectivity index (χ2n) is 7.67. The van der Waals surface area contributed by atoms with Crippen molar-refractivity contribution in [3.05, 3.63) is 71.9 Å². The van der Waals surface area contributed by atoms with Gasteiger partial charge in [0.1, 0.15) is 5.75 Å². The van der Waals surface area contributed by atoms with Crippen LogP contribution in [0.3, 0.4) is 0 Å². The van der Waals surface area contributed by atoms with Gasteiger partial charge in [0, 0.05) is 42.7 Å². The lowest BCUT2D eigenvalue weighted by molar-refractivity contribution is 0.0714. The third kappa shape index (κ3) is 2.83. The molecule has 3 aromatic rings. The smallest absolute Gasteiger partial charge is 0.254 e. The summed E-state index contributed by atoms with van der Waals surface area (Å²) in [6, 6.07) is 17.9. The first-order valence-corrected chi connectivity index (χ1v) is 9.75. The number of carbonyl (C=O) groups excluding carboxylic acids is 1. The molecule has 0 bridgehead atoms. The molecule has 5 rings (SSSR count). The molecule has 2 aliphatic heterocycles. The fraction of sp³-hybridized carbons (Fsp3) is 0.304. The average Bonchev–Trinajstić information content (AvgIpc) is 3.34. The van der Waals surface area contributed by atoms with Crippen LogP contribution in [-0.2, 0) is 0 Å². The van der Waals surface area contributed by atoms with Crippen LogP contribution in [0, 0.1) is 11.8 Å². The Morgan fingerprint density at radius 3 is 2.82 bits per heavy atom. The number of ether oxygens (including phenoxy) is 1. The number of rotatable bonds is 3. The number of methoxy groups -OCH3 is 1. The molecule has 3 heterocycles. The summed E-state index contributed by atoms with van der Waals surface area (Å²) >= 11 is 0. The van der Waals surface area contributed by atoms with Gasteiger partial charge in [-0.2, -0.15) is 0 Å². The molecule has 2 aliphatic rings. The van der Waals surface area contributed by atoms with Gasteiger partial charge in [-0.05, 0) is 47.9 Å². The molecule has 0 spiro atoms. The number of hydrogen-bond acceptors (Lipinski definition) is 4. The molecule has 0 radical (unpaired) electrons. The van der Waals surface area contributed by atoms with Crippen molar-refractivity contribution >= 4 is 16.8 Å². The van der Waals surface area contributed by atoms with Crippen LogP contribution in [0.15, 0.2) is 60.8 Å². The Morgan fingerprint density at radius 1 is 1.14 bits per heavy atom. The van der Waals surface area contributed by atoms with E-state index in [1.807, 2.05) is 42.5 Å². The average molecular weight is 373 g/mol. The largest absolute Gasteiger partial charge is 0.497 e. The van der Waals surface area contributed by atoms with E-state index in [2.05, 4.69) is 27.3 Å². The molecule has 2 fully saturated rings. The lowest BCUT2D eigenvalue weighted by atomic mass is 9.89. The van der Waals surface area contributed by atoms with E-state index in [-0.39, 0.29) is 11.9 Å². The SMILES string of the molecule is COc1ccc([C@H]2[C@H]3CNC[C@H]3CN2C(=O)c2ccc3ncccc3c2)cc1. The van der Waals surface area contributed by atoms with Gasteiger partial charge in [0.05, 0.1) is 18.7 Å². The van der Waals surface area contributed by atoms with Gasteiger partial charge in [0.15, 0.2) is 0 Å². The van der Waals surface area contributed by atoms with Crippen molar-refractivity contribution < 1.29 is 9.53 Å². The Morgan fingerprint density at radius 2 is 2.00 bits per heavy atom. The maximum absolute atomic E-state index is 13.5. The van der Waals surface area contributed by atoms with Crippen molar-refractivity contribution in [1.29, 1.82) is 0 Å². The van der Waals surface area contributed by atoms with Crippen molar-refractivity contribution in [1.82, 2.24) is 15.2 Å². The second-order valence-corrected chi connectivity index (χ2v) is 7.67. The summed E-state index contributed by atoms with van der Waals surface area (Å²) in [5, 5.41) is 4.49. The maximum Gasteiger partial charge on any atom is 0.254 e. The van der Waals surface area contributed by atoms with E-state index in [9.17, 15) is 4.79 Å². The van der Waals surface area contributed by atoms with Crippen LogP contribution in [-0.4, -0.2) is 42.5 Å². The lowest BCUT2D eigenvalue weighted by Crippen LogP contribution is -2.34. The number of pyridine rings is 1. The molecule has 0 aliphatic carbocycles. The zero-order valence-electron chi connectivity index (χ0n) is 15.8. The molecular weight excluding hydrogens is 350 g/mol. The van der Waals surface area contributed by atoms with Gasteiger partial charge in [-0.25, -0.2) is 0 Å². The highest BCUT2D eigenvalue weighted by atomic mass is 16.5. The maximum atomic E-state index is 13.5. The summed E-state index contributed by atoms with van der Waals surface area (Å²) in [7, 11) is 1.67. The predicted octanol–water partition coefficient (Wildman–Crippen LogP) is 3.28. The first-order chi connectivity index (χ1) is 13.7. The number of nitrogens with zero attached hydrogens (tertiary/aromatic N) is 2. The number of fused-ring (bicyclic) bond motifs is 2. The Hall–Kier alpha value is -2.92. The van der Waals surface area contributed by atoms with Crippen molar-refractivity contribution in [3.8, 4) is 5.75 Å². The normalized spacial score (nSPS) is 23.8. The van der Waals surface area contributed by atoms with E-state index >= 15 is 0 Å². The third-order valence-corrected chi connectivity index (χ3v) is 6.13. The van der Waals surface area contributed by atoms with Crippen LogP contribution in [0.2, 0.25) is 0 Å². The topological polar surface area (TPSA) is 54.5 Å². The number of aromatic nitrogens is 1. The van der Waals surface area contributed by atoms with Gasteiger partial charge in [-0.1, -0.05) is 18.2 Å². The van der Waals surface area contributed by atoms with Gasteiger partial charge in [0.2, 0.25) is 0 Å². The zero-order chi connectivity index (χ0) is 19.1. The van der Waals surface area contributed by atoms with Crippen LogP contribution in [0.25, 0.3) is 10.9 Å².